The molecule has 0 aromatic rings. The molecule has 0 rings (SSSR count). The fourth-order valence-electron chi connectivity index (χ4n) is 1.39. The molecule has 0 saturated carbocycles. The van der Waals surface area contributed by atoms with Gasteiger partial charge in [-0.25, -0.2) is 0 Å². The number of rotatable bonds is 7. The normalized spacial score (nSPS) is 11.5. The van der Waals surface area contributed by atoms with E-state index >= 15 is 0 Å². The molecule has 0 aliphatic carbocycles. The van der Waals surface area contributed by atoms with Crippen LogP contribution in [0.2, 0.25) is 0 Å². The molecule has 0 saturated heterocycles. The first-order valence-corrected chi connectivity index (χ1v) is 6.71. The predicted molar refractivity (Wildman–Crippen MR) is 69.4 cm³/mol. The highest BCUT2D eigenvalue weighted by Crippen LogP contribution is 2.20. The number of hydrogen-bond acceptors (Lipinski definition) is 1. The molecule has 0 aromatic heterocycles. The summed E-state index contributed by atoms with van der Waals surface area (Å²) in [4.78, 5) is 14.0. The lowest BCUT2D eigenvalue weighted by atomic mass is 10.1. The van der Waals surface area contributed by atoms with Gasteiger partial charge in [-0.15, -0.1) is 0 Å². The van der Waals surface area contributed by atoms with Crippen LogP contribution in [0.25, 0.3) is 0 Å². The van der Waals surface area contributed by atoms with Crippen LogP contribution in [-0.2, 0) is 4.79 Å². The average molecular weight is 278 g/mol. The SMILES string of the molecule is CCCCN(CCCC)C(=O)C(C)(C)Br. The lowest BCUT2D eigenvalue weighted by Gasteiger charge is -2.28. The summed E-state index contributed by atoms with van der Waals surface area (Å²) in [5, 5.41) is 0. The maximum Gasteiger partial charge on any atom is 0.238 e. The minimum atomic E-state index is -0.422. The van der Waals surface area contributed by atoms with Crippen LogP contribution < -0.4 is 0 Å². The highest BCUT2D eigenvalue weighted by molar-refractivity contribution is 9.10. The van der Waals surface area contributed by atoms with Gasteiger partial charge in [0.2, 0.25) is 5.91 Å². The zero-order chi connectivity index (χ0) is 11.9. The van der Waals surface area contributed by atoms with E-state index in [-0.39, 0.29) is 5.91 Å². The van der Waals surface area contributed by atoms with Crippen LogP contribution in [-0.4, -0.2) is 28.2 Å². The monoisotopic (exact) mass is 277 g/mol. The molecular weight excluding hydrogens is 254 g/mol. The van der Waals surface area contributed by atoms with Gasteiger partial charge >= 0.3 is 0 Å². The van der Waals surface area contributed by atoms with E-state index in [4.69, 9.17) is 0 Å². The van der Waals surface area contributed by atoms with Crippen molar-refractivity contribution in [1.29, 1.82) is 0 Å². The summed E-state index contributed by atoms with van der Waals surface area (Å²) in [6, 6.07) is 0. The third kappa shape index (κ3) is 6.18. The Morgan fingerprint density at radius 3 is 1.80 bits per heavy atom. The third-order valence-corrected chi connectivity index (χ3v) is 2.70. The minimum absolute atomic E-state index is 0.212. The van der Waals surface area contributed by atoms with Gasteiger partial charge in [-0.2, -0.15) is 0 Å². The molecule has 0 aromatic carbocycles. The zero-order valence-electron chi connectivity index (χ0n) is 10.5. The van der Waals surface area contributed by atoms with Gasteiger partial charge in [-0.1, -0.05) is 42.6 Å². The van der Waals surface area contributed by atoms with Gasteiger partial charge < -0.3 is 4.90 Å². The lowest BCUT2D eigenvalue weighted by Crippen LogP contribution is -2.42. The van der Waals surface area contributed by atoms with Gasteiger partial charge in [0.1, 0.15) is 0 Å². The van der Waals surface area contributed by atoms with Gasteiger partial charge in [-0.3, -0.25) is 4.79 Å². The molecule has 90 valence electrons. The topological polar surface area (TPSA) is 20.3 Å². The van der Waals surface area contributed by atoms with E-state index in [1.807, 2.05) is 18.7 Å². The van der Waals surface area contributed by atoms with Crippen LogP contribution in [0.3, 0.4) is 0 Å². The molecule has 0 N–H and O–H groups in total. The molecule has 0 spiro atoms. The summed E-state index contributed by atoms with van der Waals surface area (Å²) in [7, 11) is 0. The molecule has 0 bridgehead atoms. The van der Waals surface area contributed by atoms with Crippen molar-refractivity contribution in [3.63, 3.8) is 0 Å². The van der Waals surface area contributed by atoms with Crippen molar-refractivity contribution >= 4 is 21.8 Å². The van der Waals surface area contributed by atoms with E-state index in [1.165, 1.54) is 0 Å². The maximum atomic E-state index is 12.1. The van der Waals surface area contributed by atoms with Crippen molar-refractivity contribution in [3.05, 3.63) is 0 Å². The van der Waals surface area contributed by atoms with E-state index in [1.54, 1.807) is 0 Å². The minimum Gasteiger partial charge on any atom is -0.342 e. The van der Waals surface area contributed by atoms with Gasteiger partial charge in [0.25, 0.3) is 0 Å². The summed E-state index contributed by atoms with van der Waals surface area (Å²) >= 11 is 3.44. The molecule has 2 nitrogen and oxygen atoms in total. The van der Waals surface area contributed by atoms with Gasteiger partial charge in [-0.05, 0) is 26.7 Å². The molecule has 3 heteroatoms. The van der Waals surface area contributed by atoms with Crippen molar-refractivity contribution < 1.29 is 4.79 Å². The van der Waals surface area contributed by atoms with Crippen molar-refractivity contribution in [2.75, 3.05) is 13.1 Å². The molecule has 15 heavy (non-hydrogen) atoms. The highest BCUT2D eigenvalue weighted by Gasteiger charge is 2.28. The van der Waals surface area contributed by atoms with E-state index in [0.717, 1.165) is 38.8 Å². The van der Waals surface area contributed by atoms with Crippen LogP contribution in [0.15, 0.2) is 0 Å². The standard InChI is InChI=1S/C12H24BrNO/c1-5-7-9-14(10-8-6-2)11(15)12(3,4)13/h5-10H2,1-4H3. The first-order chi connectivity index (χ1) is 6.93. The van der Waals surface area contributed by atoms with Crippen molar-refractivity contribution in [2.45, 2.75) is 57.7 Å². The van der Waals surface area contributed by atoms with Crippen LogP contribution in [0.5, 0.6) is 0 Å². The Morgan fingerprint density at radius 1 is 1.13 bits per heavy atom. The molecule has 1 amide bonds. The Kier molecular flexibility index (Phi) is 7.24. The van der Waals surface area contributed by atoms with Gasteiger partial charge in [0, 0.05) is 13.1 Å². The number of carbonyl (C=O) groups is 1. The molecule has 0 heterocycles. The number of nitrogens with zero attached hydrogens (tertiary/aromatic N) is 1. The number of halogens is 1. The average Bonchev–Trinajstić information content (AvgIpc) is 2.16. The number of alkyl halides is 1. The lowest BCUT2D eigenvalue weighted by molar-refractivity contribution is -0.132. The van der Waals surface area contributed by atoms with Crippen molar-refractivity contribution in [3.8, 4) is 0 Å². The number of hydrogen-bond donors (Lipinski definition) is 0. The summed E-state index contributed by atoms with van der Waals surface area (Å²) in [5.41, 5.74) is 0. The van der Waals surface area contributed by atoms with Crippen molar-refractivity contribution in [2.24, 2.45) is 0 Å². The first kappa shape index (κ1) is 14.9. The molecule has 0 radical (unpaired) electrons. The van der Waals surface area contributed by atoms with E-state index in [9.17, 15) is 4.79 Å². The van der Waals surface area contributed by atoms with E-state index in [0.29, 0.717) is 0 Å². The van der Waals surface area contributed by atoms with Crippen LogP contribution in [0, 0.1) is 0 Å². The highest BCUT2D eigenvalue weighted by atomic mass is 79.9. The first-order valence-electron chi connectivity index (χ1n) is 5.91. The van der Waals surface area contributed by atoms with E-state index < -0.39 is 4.32 Å². The van der Waals surface area contributed by atoms with E-state index in [2.05, 4.69) is 29.8 Å². The Labute approximate surface area is 103 Å². The van der Waals surface area contributed by atoms with Crippen LogP contribution in [0.4, 0.5) is 0 Å². The molecule has 0 aliphatic heterocycles. The fourth-order valence-corrected chi connectivity index (χ4v) is 1.64. The van der Waals surface area contributed by atoms with Gasteiger partial charge in [0.15, 0.2) is 0 Å². The number of unbranched alkanes of at least 4 members (excludes halogenated alkanes) is 2. The second kappa shape index (κ2) is 7.26. The molecule has 0 aliphatic rings. The summed E-state index contributed by atoms with van der Waals surface area (Å²) in [5.74, 6) is 0.212. The molecule has 0 unspecified atom stereocenters. The maximum absolute atomic E-state index is 12.1. The summed E-state index contributed by atoms with van der Waals surface area (Å²) in [6.45, 7) is 9.93. The zero-order valence-corrected chi connectivity index (χ0v) is 12.1. The summed E-state index contributed by atoms with van der Waals surface area (Å²) < 4.78 is -0.422. The molecule has 0 fully saturated rings. The summed E-state index contributed by atoms with van der Waals surface area (Å²) in [6.07, 6.45) is 4.47. The largest absolute Gasteiger partial charge is 0.342 e. The van der Waals surface area contributed by atoms with Crippen molar-refractivity contribution in [1.82, 2.24) is 4.90 Å². The van der Waals surface area contributed by atoms with Crippen LogP contribution >= 0.6 is 15.9 Å². The smallest absolute Gasteiger partial charge is 0.238 e. The molecule has 0 atom stereocenters. The Hall–Kier alpha value is -0.0500. The quantitative estimate of drug-likeness (QED) is 0.652. The Morgan fingerprint density at radius 2 is 1.53 bits per heavy atom. The third-order valence-electron chi connectivity index (χ3n) is 2.36. The second-order valence-corrected chi connectivity index (χ2v) is 6.45. The fraction of sp³-hybridized carbons (Fsp3) is 0.917. The van der Waals surface area contributed by atoms with Gasteiger partial charge in [0.05, 0.1) is 4.32 Å². The molecular formula is C12H24BrNO. The predicted octanol–water partition coefficient (Wildman–Crippen LogP) is 3.59. The number of carbonyl (C=O) groups excluding carboxylic acids is 1. The number of amides is 1. The second-order valence-electron chi connectivity index (χ2n) is 4.47. The Balaban J connectivity index is 4.27. The van der Waals surface area contributed by atoms with Crippen LogP contribution in [0.1, 0.15) is 53.4 Å². The Bertz CT molecular complexity index is 179.